The van der Waals surface area contributed by atoms with Crippen molar-refractivity contribution in [3.63, 3.8) is 0 Å². The van der Waals surface area contributed by atoms with Crippen LogP contribution in [0.2, 0.25) is 5.02 Å². The van der Waals surface area contributed by atoms with Crippen LogP contribution in [-0.4, -0.2) is 69.2 Å². The Bertz CT molecular complexity index is 773. The minimum atomic E-state index is -3.10. The van der Waals surface area contributed by atoms with Crippen molar-refractivity contribution in [3.05, 3.63) is 40.8 Å². The molecular weight excluding hydrogens is 376 g/mol. The van der Waals surface area contributed by atoms with Crippen molar-refractivity contribution in [1.29, 1.82) is 0 Å². The van der Waals surface area contributed by atoms with Crippen molar-refractivity contribution < 1.29 is 17.9 Å². The van der Waals surface area contributed by atoms with Crippen LogP contribution in [0, 0.1) is 5.92 Å². The van der Waals surface area contributed by atoms with E-state index in [2.05, 4.69) is 4.90 Å². The molecule has 0 N–H and O–H groups in total. The summed E-state index contributed by atoms with van der Waals surface area (Å²) in [6, 6.07) is 7.39. The maximum atomic E-state index is 12.3. The smallest absolute Gasteiger partial charge is 0.223 e. The second kappa shape index (κ2) is 8.41. The first kappa shape index (κ1) is 19.2. The zero-order valence-corrected chi connectivity index (χ0v) is 16.1. The van der Waals surface area contributed by atoms with Gasteiger partial charge in [-0.3, -0.25) is 9.69 Å². The van der Waals surface area contributed by atoms with E-state index in [9.17, 15) is 13.2 Å². The van der Waals surface area contributed by atoms with Gasteiger partial charge in [-0.1, -0.05) is 29.8 Å². The molecule has 0 bridgehead atoms. The number of nitrogens with zero attached hydrogens (tertiary/aromatic N) is 2. The lowest BCUT2D eigenvalue weighted by atomic mass is 10.1. The molecule has 6 nitrogen and oxygen atoms in total. The quantitative estimate of drug-likeness (QED) is 0.731. The van der Waals surface area contributed by atoms with E-state index in [0.29, 0.717) is 30.5 Å². The lowest BCUT2D eigenvalue weighted by Crippen LogP contribution is -2.49. The Kier molecular flexibility index (Phi) is 6.21. The third kappa shape index (κ3) is 5.22. The van der Waals surface area contributed by atoms with Gasteiger partial charge in [-0.05, 0) is 12.1 Å². The number of hydrogen-bond donors (Lipinski definition) is 0. The molecule has 1 fully saturated rings. The number of para-hydroxylation sites is 1. The Hall–Kier alpha value is -1.57. The number of carbonyl (C=O) groups is 1. The van der Waals surface area contributed by atoms with E-state index in [1.54, 1.807) is 12.1 Å². The molecule has 8 heteroatoms. The molecule has 2 aliphatic rings. The average Bonchev–Trinajstić information content (AvgIpc) is 2.95. The van der Waals surface area contributed by atoms with Crippen molar-refractivity contribution in [2.45, 2.75) is 6.42 Å². The third-order valence-corrected chi connectivity index (χ3v) is 6.44. The predicted molar refractivity (Wildman–Crippen MR) is 101 cm³/mol. The van der Waals surface area contributed by atoms with Crippen LogP contribution in [0.3, 0.4) is 0 Å². The number of ether oxygens (including phenoxy) is 1. The molecule has 2 aliphatic heterocycles. The summed E-state index contributed by atoms with van der Waals surface area (Å²) in [6.07, 6.45) is 1.90. The fourth-order valence-electron chi connectivity index (χ4n) is 3.19. The monoisotopic (exact) mass is 398 g/mol. The number of benzene rings is 1. The number of hydrogen-bond acceptors (Lipinski definition) is 5. The SMILES string of the molecule is O=C(CC1C=CS(=O)(=O)C1)N1CCN(CCOc2ccccc2Cl)CC1. The number of rotatable bonds is 6. The summed E-state index contributed by atoms with van der Waals surface area (Å²) in [6.45, 7) is 4.22. The van der Waals surface area contributed by atoms with Crippen LogP contribution < -0.4 is 4.74 Å². The van der Waals surface area contributed by atoms with E-state index >= 15 is 0 Å². The van der Waals surface area contributed by atoms with Crippen molar-refractivity contribution in [1.82, 2.24) is 9.80 Å². The molecule has 1 atom stereocenters. The third-order valence-electron chi connectivity index (χ3n) is 4.67. The van der Waals surface area contributed by atoms with Crippen molar-refractivity contribution >= 4 is 27.3 Å². The van der Waals surface area contributed by atoms with E-state index in [-0.39, 0.29) is 24.0 Å². The Morgan fingerprint density at radius 3 is 2.58 bits per heavy atom. The highest BCUT2D eigenvalue weighted by Crippen LogP contribution is 2.23. The van der Waals surface area contributed by atoms with Crippen molar-refractivity contribution in [3.8, 4) is 5.75 Å². The lowest BCUT2D eigenvalue weighted by Gasteiger charge is -2.35. The van der Waals surface area contributed by atoms with E-state index in [0.717, 1.165) is 19.6 Å². The summed E-state index contributed by atoms with van der Waals surface area (Å²) in [7, 11) is -3.10. The number of piperazine rings is 1. The Morgan fingerprint density at radius 1 is 1.19 bits per heavy atom. The number of halogens is 1. The van der Waals surface area contributed by atoms with Crippen molar-refractivity contribution in [2.75, 3.05) is 45.1 Å². The normalized spacial score (nSPS) is 22.5. The molecule has 26 heavy (non-hydrogen) atoms. The Morgan fingerprint density at radius 2 is 1.92 bits per heavy atom. The molecule has 1 unspecified atom stereocenters. The number of allylic oxidation sites excluding steroid dienone is 1. The topological polar surface area (TPSA) is 66.9 Å². The zero-order valence-electron chi connectivity index (χ0n) is 14.5. The van der Waals surface area contributed by atoms with Gasteiger partial charge in [0.1, 0.15) is 12.4 Å². The van der Waals surface area contributed by atoms with Crippen LogP contribution in [0.5, 0.6) is 5.75 Å². The molecule has 0 saturated carbocycles. The summed E-state index contributed by atoms with van der Waals surface area (Å²) in [5.74, 6) is 0.582. The Labute approximate surface area is 159 Å². The van der Waals surface area contributed by atoms with Gasteiger partial charge in [0.25, 0.3) is 0 Å². The average molecular weight is 399 g/mol. The van der Waals surface area contributed by atoms with Gasteiger partial charge in [0, 0.05) is 50.5 Å². The molecule has 1 saturated heterocycles. The summed E-state index contributed by atoms with van der Waals surface area (Å²) in [4.78, 5) is 16.4. The fraction of sp³-hybridized carbons (Fsp3) is 0.500. The van der Waals surface area contributed by atoms with Gasteiger partial charge in [0.15, 0.2) is 9.84 Å². The number of sulfone groups is 1. The van der Waals surface area contributed by atoms with Gasteiger partial charge >= 0.3 is 0 Å². The van der Waals surface area contributed by atoms with Crippen LogP contribution in [0.1, 0.15) is 6.42 Å². The first-order valence-electron chi connectivity index (χ1n) is 8.71. The van der Waals surface area contributed by atoms with Gasteiger partial charge < -0.3 is 9.64 Å². The molecular formula is C18H23ClN2O4S. The van der Waals surface area contributed by atoms with Gasteiger partial charge in [0.05, 0.1) is 10.8 Å². The minimum absolute atomic E-state index is 0.0312. The molecule has 0 aliphatic carbocycles. The first-order chi connectivity index (χ1) is 12.4. The largest absolute Gasteiger partial charge is 0.491 e. The molecule has 1 aromatic rings. The highest BCUT2D eigenvalue weighted by molar-refractivity contribution is 7.94. The van der Waals surface area contributed by atoms with Crippen LogP contribution in [0.15, 0.2) is 35.7 Å². The van der Waals surface area contributed by atoms with Gasteiger partial charge in [-0.2, -0.15) is 0 Å². The maximum absolute atomic E-state index is 12.3. The van der Waals surface area contributed by atoms with E-state index in [1.807, 2.05) is 23.1 Å². The second-order valence-corrected chi connectivity index (χ2v) is 8.96. The molecule has 0 aromatic heterocycles. The molecule has 1 amide bonds. The second-order valence-electron chi connectivity index (χ2n) is 6.62. The number of amides is 1. The summed E-state index contributed by atoms with van der Waals surface area (Å²) < 4.78 is 28.6. The molecule has 0 radical (unpaired) electrons. The first-order valence-corrected chi connectivity index (χ1v) is 10.8. The van der Waals surface area contributed by atoms with E-state index in [4.69, 9.17) is 16.3 Å². The van der Waals surface area contributed by atoms with Crippen LogP contribution in [-0.2, 0) is 14.6 Å². The molecule has 2 heterocycles. The van der Waals surface area contributed by atoms with Gasteiger partial charge in [-0.25, -0.2) is 8.42 Å². The highest BCUT2D eigenvalue weighted by atomic mass is 35.5. The number of carbonyl (C=O) groups excluding carboxylic acids is 1. The summed E-state index contributed by atoms with van der Waals surface area (Å²) in [5, 5.41) is 1.83. The standard InChI is InChI=1S/C18H23ClN2O4S/c19-16-3-1-2-4-17(16)25-11-10-20-6-8-21(9-7-20)18(22)13-15-5-12-26(23,24)14-15/h1-5,12,15H,6-11,13-14H2. The maximum Gasteiger partial charge on any atom is 0.223 e. The van der Waals surface area contributed by atoms with Crippen LogP contribution >= 0.6 is 11.6 Å². The Balaban J connectivity index is 1.37. The highest BCUT2D eigenvalue weighted by Gasteiger charge is 2.27. The molecule has 142 valence electrons. The minimum Gasteiger partial charge on any atom is -0.491 e. The summed E-state index contributed by atoms with van der Waals surface area (Å²) in [5.41, 5.74) is 0. The zero-order chi connectivity index (χ0) is 18.6. The van der Waals surface area contributed by atoms with Crippen LogP contribution in [0.4, 0.5) is 0 Å². The predicted octanol–water partition coefficient (Wildman–Crippen LogP) is 1.81. The fourth-order valence-corrected chi connectivity index (χ4v) is 4.78. The molecule has 1 aromatic carbocycles. The molecule has 0 spiro atoms. The van der Waals surface area contributed by atoms with Gasteiger partial charge in [-0.15, -0.1) is 0 Å². The van der Waals surface area contributed by atoms with Crippen molar-refractivity contribution in [2.24, 2.45) is 5.92 Å². The van der Waals surface area contributed by atoms with Crippen LogP contribution in [0.25, 0.3) is 0 Å². The molecule has 3 rings (SSSR count). The van der Waals surface area contributed by atoms with E-state index in [1.165, 1.54) is 5.41 Å². The van der Waals surface area contributed by atoms with E-state index < -0.39 is 9.84 Å². The lowest BCUT2D eigenvalue weighted by molar-refractivity contribution is -0.133. The van der Waals surface area contributed by atoms with Gasteiger partial charge in [0.2, 0.25) is 5.91 Å². The summed E-state index contributed by atoms with van der Waals surface area (Å²) >= 11 is 6.06.